The third kappa shape index (κ3) is 3.66. The topological polar surface area (TPSA) is 99.8 Å². The maximum Gasteiger partial charge on any atom is 0.256 e. The minimum absolute atomic E-state index is 0.264. The molecular weight excluding hydrogens is 430 g/mol. The van der Waals surface area contributed by atoms with E-state index in [2.05, 4.69) is 45.4 Å². The number of aromatic nitrogens is 6. The molecule has 9 nitrogen and oxygen atoms in total. The monoisotopic (exact) mass is 453 g/mol. The molecule has 3 aromatic heterocycles. The highest BCUT2D eigenvalue weighted by atomic mass is 16.5. The highest BCUT2D eigenvalue weighted by Crippen LogP contribution is 2.26. The van der Waals surface area contributed by atoms with E-state index in [1.54, 1.807) is 53.0 Å². The van der Waals surface area contributed by atoms with Crippen LogP contribution in [0.25, 0.3) is 22.5 Å². The lowest BCUT2D eigenvalue weighted by Gasteiger charge is -2.11. The molecule has 0 spiro atoms. The Bertz CT molecular complexity index is 1520. The highest BCUT2D eigenvalue weighted by molar-refractivity contribution is 6.04. The van der Waals surface area contributed by atoms with Gasteiger partial charge in [0.05, 0.1) is 30.1 Å². The second kappa shape index (κ2) is 8.43. The Labute approximate surface area is 196 Å². The van der Waals surface area contributed by atoms with Crippen molar-refractivity contribution >= 4 is 22.8 Å². The van der Waals surface area contributed by atoms with E-state index in [1.165, 1.54) is 11.9 Å². The number of hydrogen-bond acceptors (Lipinski definition) is 6. The third-order valence-electron chi connectivity index (χ3n) is 5.77. The number of nitrogens with zero attached hydrogens (tertiary/aromatic N) is 6. The van der Waals surface area contributed by atoms with Gasteiger partial charge in [0.25, 0.3) is 5.91 Å². The van der Waals surface area contributed by atoms with Crippen molar-refractivity contribution in [2.24, 2.45) is 0 Å². The van der Waals surface area contributed by atoms with E-state index in [9.17, 15) is 4.79 Å². The molecule has 0 bridgehead atoms. The van der Waals surface area contributed by atoms with Gasteiger partial charge in [-0.1, -0.05) is 12.1 Å². The van der Waals surface area contributed by atoms with Crippen LogP contribution in [0.4, 0.5) is 5.82 Å². The summed E-state index contributed by atoms with van der Waals surface area (Å²) in [6.07, 6.45) is 3.20. The molecule has 0 saturated heterocycles. The van der Waals surface area contributed by atoms with Crippen molar-refractivity contribution in [3.05, 3.63) is 83.4 Å². The van der Waals surface area contributed by atoms with Crippen molar-refractivity contribution in [2.75, 3.05) is 12.4 Å². The molecule has 1 N–H and O–H groups in total. The zero-order valence-corrected chi connectivity index (χ0v) is 19.3. The summed E-state index contributed by atoms with van der Waals surface area (Å²) in [7, 11) is 1.58. The molecule has 0 aliphatic rings. The first-order chi connectivity index (χ1) is 16.5. The number of benzene rings is 2. The first-order valence-electron chi connectivity index (χ1n) is 10.7. The molecule has 0 radical (unpaired) electrons. The molecule has 9 heteroatoms. The van der Waals surface area contributed by atoms with E-state index in [1.807, 2.05) is 19.1 Å². The highest BCUT2D eigenvalue weighted by Gasteiger charge is 2.19. The summed E-state index contributed by atoms with van der Waals surface area (Å²) >= 11 is 0. The van der Waals surface area contributed by atoms with Gasteiger partial charge >= 0.3 is 0 Å². The molecule has 0 unspecified atom stereocenters. The molecule has 0 aliphatic heterocycles. The number of rotatable bonds is 5. The fraction of sp³-hybridized carbons (Fsp3) is 0.160. The van der Waals surface area contributed by atoms with Crippen LogP contribution in [0, 0.1) is 20.8 Å². The number of hydrogen-bond donors (Lipinski definition) is 1. The number of fused-ring (bicyclic) bond motifs is 1. The van der Waals surface area contributed by atoms with Crippen LogP contribution in [0.2, 0.25) is 0 Å². The summed E-state index contributed by atoms with van der Waals surface area (Å²) in [5, 5.41) is 12.8. The van der Waals surface area contributed by atoms with Gasteiger partial charge in [-0.2, -0.15) is 14.9 Å². The van der Waals surface area contributed by atoms with Gasteiger partial charge in [0.2, 0.25) is 0 Å². The maximum atomic E-state index is 12.9. The molecule has 170 valence electrons. The Balaban J connectivity index is 1.55. The Kier molecular flexibility index (Phi) is 5.29. The molecule has 0 saturated carbocycles. The first-order valence-corrected chi connectivity index (χ1v) is 10.7. The lowest BCUT2D eigenvalue weighted by atomic mass is 10.1. The van der Waals surface area contributed by atoms with Crippen LogP contribution < -0.4 is 10.1 Å². The largest absolute Gasteiger partial charge is 0.497 e. The van der Waals surface area contributed by atoms with E-state index in [-0.39, 0.29) is 5.91 Å². The van der Waals surface area contributed by atoms with E-state index in [0.29, 0.717) is 34.0 Å². The van der Waals surface area contributed by atoms with Gasteiger partial charge in [0.15, 0.2) is 11.5 Å². The molecular formula is C25H23N7O2. The zero-order valence-electron chi connectivity index (χ0n) is 19.3. The van der Waals surface area contributed by atoms with Crippen LogP contribution in [0.5, 0.6) is 5.75 Å². The summed E-state index contributed by atoms with van der Waals surface area (Å²) in [5.74, 6) is 1.44. The molecule has 0 fully saturated rings. The number of ether oxygens (including phenoxy) is 1. The van der Waals surface area contributed by atoms with Gasteiger partial charge in [-0.15, -0.1) is 0 Å². The fourth-order valence-electron chi connectivity index (χ4n) is 3.82. The van der Waals surface area contributed by atoms with E-state index >= 15 is 0 Å². The smallest absolute Gasteiger partial charge is 0.256 e. The van der Waals surface area contributed by atoms with Gasteiger partial charge in [-0.3, -0.25) is 4.79 Å². The van der Waals surface area contributed by atoms with Crippen molar-refractivity contribution < 1.29 is 9.53 Å². The molecule has 3 heterocycles. The summed E-state index contributed by atoms with van der Waals surface area (Å²) in [6.45, 7) is 5.98. The minimum atomic E-state index is -0.264. The summed E-state index contributed by atoms with van der Waals surface area (Å²) in [4.78, 5) is 21.8. The van der Waals surface area contributed by atoms with Crippen LogP contribution in [-0.2, 0) is 0 Å². The van der Waals surface area contributed by atoms with Crippen LogP contribution in [0.15, 0.2) is 61.1 Å². The second-order valence-corrected chi connectivity index (χ2v) is 7.98. The molecule has 5 aromatic rings. The molecule has 5 rings (SSSR count). The number of methoxy groups -OCH3 is 1. The quantitative estimate of drug-likeness (QED) is 0.428. The predicted molar refractivity (Wildman–Crippen MR) is 129 cm³/mol. The molecule has 1 amide bonds. The SMILES string of the molecule is COc1ccc(C(=O)Nc2cc(C)nn2-c2ncnc3c2cnn3-c2cccc(C)c2C)cc1. The molecule has 34 heavy (non-hydrogen) atoms. The van der Waals surface area contributed by atoms with Gasteiger partial charge in [0, 0.05) is 11.6 Å². The van der Waals surface area contributed by atoms with Crippen molar-refractivity contribution in [3.63, 3.8) is 0 Å². The predicted octanol–water partition coefficient (Wildman–Crippen LogP) is 4.19. The van der Waals surface area contributed by atoms with Crippen LogP contribution in [0.1, 0.15) is 27.2 Å². The summed E-state index contributed by atoms with van der Waals surface area (Å²) in [6, 6.07) is 14.8. The van der Waals surface area contributed by atoms with Gasteiger partial charge in [-0.25, -0.2) is 14.6 Å². The van der Waals surface area contributed by atoms with E-state index in [0.717, 1.165) is 16.9 Å². The Morgan fingerprint density at radius 3 is 2.56 bits per heavy atom. The second-order valence-electron chi connectivity index (χ2n) is 7.98. The number of anilines is 1. The Hall–Kier alpha value is -4.53. The summed E-state index contributed by atoms with van der Waals surface area (Å²) < 4.78 is 8.58. The normalized spacial score (nSPS) is 11.1. The standard InChI is InChI=1S/C25H23N7O2/c1-15-6-5-7-21(17(15)3)31-23-20(13-28-31)24(27-14-26-23)32-22(12-16(2)30-32)29-25(33)18-8-10-19(34-4)11-9-18/h5-14H,1-4H3,(H,29,33). The number of carbonyl (C=O) groups excluding carboxylic acids is 1. The molecule has 2 aromatic carbocycles. The van der Waals surface area contributed by atoms with Crippen molar-refractivity contribution in [1.82, 2.24) is 29.5 Å². The average molecular weight is 454 g/mol. The van der Waals surface area contributed by atoms with Crippen molar-refractivity contribution in [2.45, 2.75) is 20.8 Å². The third-order valence-corrected chi connectivity index (χ3v) is 5.77. The first kappa shape index (κ1) is 21.3. The number of nitrogens with one attached hydrogen (secondary N) is 1. The van der Waals surface area contributed by atoms with Crippen LogP contribution in [-0.4, -0.2) is 42.5 Å². The van der Waals surface area contributed by atoms with Crippen molar-refractivity contribution in [1.29, 1.82) is 0 Å². The summed E-state index contributed by atoms with van der Waals surface area (Å²) in [5.41, 5.74) is 5.13. The van der Waals surface area contributed by atoms with Crippen LogP contribution >= 0.6 is 0 Å². The number of carbonyl (C=O) groups is 1. The molecule has 0 aliphatic carbocycles. The Morgan fingerprint density at radius 2 is 1.79 bits per heavy atom. The van der Waals surface area contributed by atoms with Gasteiger partial charge < -0.3 is 10.1 Å². The minimum Gasteiger partial charge on any atom is -0.497 e. The van der Waals surface area contributed by atoms with E-state index in [4.69, 9.17) is 4.74 Å². The van der Waals surface area contributed by atoms with Crippen molar-refractivity contribution in [3.8, 4) is 17.3 Å². The molecule has 0 atom stereocenters. The average Bonchev–Trinajstić information content (AvgIpc) is 3.44. The number of aryl methyl sites for hydroxylation is 2. The van der Waals surface area contributed by atoms with Gasteiger partial charge in [0.1, 0.15) is 17.9 Å². The Morgan fingerprint density at radius 1 is 1.00 bits per heavy atom. The lowest BCUT2D eigenvalue weighted by Crippen LogP contribution is -2.15. The number of amides is 1. The fourth-order valence-corrected chi connectivity index (χ4v) is 3.82. The van der Waals surface area contributed by atoms with E-state index < -0.39 is 0 Å². The zero-order chi connectivity index (χ0) is 23.8. The lowest BCUT2D eigenvalue weighted by molar-refractivity contribution is 0.102. The van der Waals surface area contributed by atoms with Crippen LogP contribution in [0.3, 0.4) is 0 Å². The maximum absolute atomic E-state index is 12.9. The van der Waals surface area contributed by atoms with Gasteiger partial charge in [-0.05, 0) is 62.2 Å².